The molecule has 1 aromatic heterocycles. The number of nitrogens with one attached hydrogen (secondary N) is 2. The Labute approximate surface area is 180 Å². The second-order valence-corrected chi connectivity index (χ2v) is 8.58. The summed E-state index contributed by atoms with van der Waals surface area (Å²) < 4.78 is 5.05. The predicted molar refractivity (Wildman–Crippen MR) is 126 cm³/mol. The van der Waals surface area contributed by atoms with Gasteiger partial charge in [0.25, 0.3) is 0 Å². The summed E-state index contributed by atoms with van der Waals surface area (Å²) in [6.07, 6.45) is 0. The molecule has 0 saturated heterocycles. The number of rotatable bonds is 5. The molecule has 29 heavy (non-hydrogen) atoms. The maximum absolute atomic E-state index is 12.6. The molecule has 0 amide bonds. The number of hydrogen-bond acceptors (Lipinski definition) is 4. The first kappa shape index (κ1) is 21.0. The molecule has 0 aliphatic carbocycles. The molecule has 0 unspecified atom stereocenters. The number of anilines is 2. The van der Waals surface area contributed by atoms with E-state index >= 15 is 0 Å². The third kappa shape index (κ3) is 4.83. The summed E-state index contributed by atoms with van der Waals surface area (Å²) in [6.45, 7) is 6.31. The molecule has 0 spiro atoms. The van der Waals surface area contributed by atoms with Gasteiger partial charge in [-0.1, -0.05) is 56.3 Å². The summed E-state index contributed by atoms with van der Waals surface area (Å²) in [5.41, 5.74) is 4.50. The maximum Gasteiger partial charge on any atom is 0.341 e. The van der Waals surface area contributed by atoms with Crippen molar-refractivity contribution >= 4 is 45.3 Å². The van der Waals surface area contributed by atoms with Gasteiger partial charge in [-0.3, -0.25) is 0 Å². The van der Waals surface area contributed by atoms with Crippen LogP contribution in [0.3, 0.4) is 0 Å². The van der Waals surface area contributed by atoms with Gasteiger partial charge in [-0.2, -0.15) is 0 Å². The number of methoxy groups -OCH3 is 1. The van der Waals surface area contributed by atoms with Gasteiger partial charge in [0.2, 0.25) is 0 Å². The van der Waals surface area contributed by atoms with Crippen molar-refractivity contribution < 1.29 is 9.53 Å². The van der Waals surface area contributed by atoms with Crippen LogP contribution in [0.5, 0.6) is 0 Å². The number of thiophene rings is 1. The summed E-state index contributed by atoms with van der Waals surface area (Å²) in [4.78, 5) is 13.6. The summed E-state index contributed by atoms with van der Waals surface area (Å²) in [7, 11) is 1.39. The van der Waals surface area contributed by atoms with E-state index in [4.69, 9.17) is 17.0 Å². The minimum Gasteiger partial charge on any atom is -0.465 e. The van der Waals surface area contributed by atoms with Gasteiger partial charge < -0.3 is 15.4 Å². The van der Waals surface area contributed by atoms with Crippen molar-refractivity contribution in [3.8, 4) is 11.1 Å². The van der Waals surface area contributed by atoms with Crippen LogP contribution in [0.25, 0.3) is 11.1 Å². The molecule has 4 nitrogen and oxygen atoms in total. The Morgan fingerprint density at radius 3 is 2.28 bits per heavy atom. The van der Waals surface area contributed by atoms with Crippen LogP contribution in [-0.4, -0.2) is 18.2 Å². The Hall–Kier alpha value is -2.70. The summed E-state index contributed by atoms with van der Waals surface area (Å²) >= 11 is 6.97. The molecule has 2 N–H and O–H groups in total. The van der Waals surface area contributed by atoms with E-state index in [0.717, 1.165) is 21.7 Å². The van der Waals surface area contributed by atoms with Gasteiger partial charge in [-0.05, 0) is 48.3 Å². The Bertz CT molecular complexity index is 1010. The molecule has 0 bridgehead atoms. The van der Waals surface area contributed by atoms with Crippen molar-refractivity contribution in [3.05, 3.63) is 70.6 Å². The lowest BCUT2D eigenvalue weighted by Gasteiger charge is -2.12. The van der Waals surface area contributed by atoms with E-state index < -0.39 is 0 Å². The topological polar surface area (TPSA) is 50.4 Å². The van der Waals surface area contributed by atoms with E-state index in [1.165, 1.54) is 24.0 Å². The monoisotopic (exact) mass is 424 g/mol. The average Bonchev–Trinajstić information content (AvgIpc) is 3.03. The highest BCUT2D eigenvalue weighted by molar-refractivity contribution is 7.80. The fraction of sp³-hybridized carbons (Fsp3) is 0.217. The van der Waals surface area contributed by atoms with E-state index in [0.29, 0.717) is 21.6 Å². The molecular weight excluding hydrogens is 400 g/mol. The predicted octanol–water partition coefficient (Wildman–Crippen LogP) is 6.44. The highest BCUT2D eigenvalue weighted by atomic mass is 32.1. The number of ether oxygens (including phenoxy) is 1. The lowest BCUT2D eigenvalue weighted by Crippen LogP contribution is -2.20. The molecule has 6 heteroatoms. The first-order chi connectivity index (χ1) is 13.9. The van der Waals surface area contributed by atoms with Crippen LogP contribution in [0.2, 0.25) is 0 Å². The van der Waals surface area contributed by atoms with Crippen molar-refractivity contribution in [2.75, 3.05) is 17.7 Å². The highest BCUT2D eigenvalue weighted by Gasteiger charge is 2.24. The number of benzene rings is 2. The Balaban J connectivity index is 1.86. The minimum absolute atomic E-state index is 0.389. The van der Waals surface area contributed by atoms with E-state index in [-0.39, 0.29) is 5.97 Å². The van der Waals surface area contributed by atoms with Crippen LogP contribution in [0.4, 0.5) is 10.7 Å². The van der Waals surface area contributed by atoms with E-state index in [1.54, 1.807) is 0 Å². The smallest absolute Gasteiger partial charge is 0.341 e. The van der Waals surface area contributed by atoms with E-state index in [1.807, 2.05) is 49.4 Å². The fourth-order valence-electron chi connectivity index (χ4n) is 3.10. The molecule has 3 rings (SSSR count). The van der Waals surface area contributed by atoms with Gasteiger partial charge in [0.05, 0.1) is 7.11 Å². The third-order valence-electron chi connectivity index (χ3n) is 4.60. The van der Waals surface area contributed by atoms with E-state index in [9.17, 15) is 4.79 Å². The molecule has 1 heterocycles. The highest BCUT2D eigenvalue weighted by Crippen LogP contribution is 2.40. The second-order valence-electron chi connectivity index (χ2n) is 6.95. The first-order valence-corrected chi connectivity index (χ1v) is 10.6. The molecule has 2 aromatic carbocycles. The third-order valence-corrected chi connectivity index (χ3v) is 5.82. The molecule has 0 saturated carbocycles. The largest absolute Gasteiger partial charge is 0.465 e. The lowest BCUT2D eigenvalue weighted by molar-refractivity contribution is 0.0603. The number of hydrogen-bond donors (Lipinski definition) is 2. The minimum atomic E-state index is -0.389. The fourth-order valence-corrected chi connectivity index (χ4v) is 4.45. The molecule has 0 fully saturated rings. The lowest BCUT2D eigenvalue weighted by atomic mass is 10.0. The van der Waals surface area contributed by atoms with Gasteiger partial charge in [-0.15, -0.1) is 11.3 Å². The van der Waals surface area contributed by atoms with Crippen LogP contribution < -0.4 is 10.6 Å². The van der Waals surface area contributed by atoms with Crippen LogP contribution in [0, 0.1) is 6.92 Å². The van der Waals surface area contributed by atoms with Crippen molar-refractivity contribution in [1.82, 2.24) is 0 Å². The van der Waals surface area contributed by atoms with Crippen LogP contribution in [-0.2, 0) is 4.74 Å². The van der Waals surface area contributed by atoms with Gasteiger partial charge in [0, 0.05) is 16.1 Å². The van der Waals surface area contributed by atoms with E-state index in [2.05, 4.69) is 36.6 Å². The average molecular weight is 425 g/mol. The number of thiocarbonyl (C=S) groups is 1. The Morgan fingerprint density at radius 1 is 1.03 bits per heavy atom. The molecule has 0 aliphatic rings. The number of aryl methyl sites for hydroxylation is 1. The number of esters is 1. The van der Waals surface area contributed by atoms with Gasteiger partial charge in [0.15, 0.2) is 5.11 Å². The van der Waals surface area contributed by atoms with Crippen molar-refractivity contribution in [1.29, 1.82) is 0 Å². The zero-order valence-electron chi connectivity index (χ0n) is 16.9. The number of carbonyl (C=O) groups excluding carboxylic acids is 1. The summed E-state index contributed by atoms with van der Waals surface area (Å²) in [5.74, 6) is 0.0852. The zero-order valence-corrected chi connectivity index (χ0v) is 18.5. The van der Waals surface area contributed by atoms with Crippen LogP contribution >= 0.6 is 23.6 Å². The second kappa shape index (κ2) is 9.20. The Morgan fingerprint density at radius 2 is 1.69 bits per heavy atom. The molecule has 3 aromatic rings. The summed E-state index contributed by atoms with van der Waals surface area (Å²) in [6, 6.07) is 18.0. The molecule has 0 atom stereocenters. The zero-order chi connectivity index (χ0) is 21.0. The van der Waals surface area contributed by atoms with Gasteiger partial charge in [-0.25, -0.2) is 4.79 Å². The van der Waals surface area contributed by atoms with Gasteiger partial charge in [0.1, 0.15) is 10.6 Å². The molecule has 0 radical (unpaired) electrons. The van der Waals surface area contributed by atoms with Gasteiger partial charge >= 0.3 is 5.97 Å². The molecule has 0 aliphatic heterocycles. The maximum atomic E-state index is 12.6. The van der Waals surface area contributed by atoms with Crippen molar-refractivity contribution in [3.63, 3.8) is 0 Å². The Kier molecular flexibility index (Phi) is 6.67. The molecule has 150 valence electrons. The van der Waals surface area contributed by atoms with Crippen molar-refractivity contribution in [2.24, 2.45) is 0 Å². The summed E-state index contributed by atoms with van der Waals surface area (Å²) in [5, 5.41) is 7.46. The standard InChI is InChI=1S/C23H24N2O2S2/c1-14(2)16-10-12-18(13-11-16)24-23(28)25-21-20(22(26)27-4)19(15(3)29-21)17-8-6-5-7-9-17/h5-14H,1-4H3,(H2,24,25,28). The van der Waals surface area contributed by atoms with Crippen molar-refractivity contribution in [2.45, 2.75) is 26.7 Å². The van der Waals surface area contributed by atoms with Crippen LogP contribution in [0.15, 0.2) is 54.6 Å². The number of carbonyl (C=O) groups is 1. The quantitative estimate of drug-likeness (QED) is 0.364. The normalized spacial score (nSPS) is 10.7. The van der Waals surface area contributed by atoms with Crippen LogP contribution in [0.1, 0.15) is 40.6 Å². The SMILES string of the molecule is COC(=O)c1c(NC(=S)Nc2ccc(C(C)C)cc2)sc(C)c1-c1ccccc1. The molecular formula is C23H24N2O2S2. The first-order valence-electron chi connectivity index (χ1n) is 9.35.